The summed E-state index contributed by atoms with van der Waals surface area (Å²) in [4.78, 5) is 0. The van der Waals surface area contributed by atoms with Gasteiger partial charge in [-0.3, -0.25) is 0 Å². The summed E-state index contributed by atoms with van der Waals surface area (Å²) in [6, 6.07) is 24.4. The number of hydrogen-bond donors (Lipinski definition) is 0. The Hall–Kier alpha value is -0.906. The van der Waals surface area contributed by atoms with Crippen LogP contribution in [0.15, 0.2) is 119 Å². The molecule has 0 spiro atoms. The van der Waals surface area contributed by atoms with Crippen molar-refractivity contribution in [1.29, 1.82) is 0 Å². The second kappa shape index (κ2) is 21.1. The number of rotatable bonds is 0. The van der Waals surface area contributed by atoms with Crippen LogP contribution in [0.1, 0.15) is 0 Å². The molecule has 5 heteroatoms. The Kier molecular flexibility index (Phi) is 20.4. The molecule has 4 heterocycles. The minimum absolute atomic E-state index is 0. The third kappa shape index (κ3) is 19.3. The minimum atomic E-state index is 0. The summed E-state index contributed by atoms with van der Waals surface area (Å²) >= 11 is 0. The zero-order chi connectivity index (χ0) is 17.0. The van der Waals surface area contributed by atoms with Crippen molar-refractivity contribution in [1.82, 2.24) is 0 Å². The third-order valence-corrected chi connectivity index (χ3v) is 5.02. The Labute approximate surface area is 168 Å². The smallest absolute Gasteiger partial charge is 0 e. The van der Waals surface area contributed by atoms with Crippen LogP contribution in [0, 0.1) is 0 Å². The molecule has 0 aliphatic rings. The molecule has 0 saturated heterocycles. The second-order valence-corrected chi connectivity index (χ2v) is 7.68. The standard InChI is InChI=1S/4C5H5P.Ni/c4*1-2-4-6-5-3-1;/h4*1-5H;. The molecule has 0 saturated carbocycles. The van der Waals surface area contributed by atoms with Crippen LogP contribution in [-0.4, -0.2) is 0 Å². The fourth-order valence-corrected chi connectivity index (χ4v) is 3.24. The predicted molar refractivity (Wildman–Crippen MR) is 116 cm³/mol. The molecular weight excluding hydrogens is 423 g/mol. The first-order valence-electron chi connectivity index (χ1n) is 7.40. The van der Waals surface area contributed by atoms with E-state index in [-0.39, 0.29) is 16.5 Å². The molecule has 0 aromatic carbocycles. The summed E-state index contributed by atoms with van der Waals surface area (Å²) < 4.78 is 0. The molecule has 0 unspecified atom stereocenters. The molecule has 4 aromatic heterocycles. The Morgan fingerprint density at radius 2 is 0.400 bits per heavy atom. The SMILES string of the molecule is [Ni].c1ccpcc1.c1ccpcc1.c1ccpcc1.c1ccpcc1. The Morgan fingerprint density at radius 3 is 0.440 bits per heavy atom. The first-order valence-corrected chi connectivity index (χ1v) is 11.5. The summed E-state index contributed by atoms with van der Waals surface area (Å²) in [5.41, 5.74) is 0. The molecule has 0 aliphatic heterocycles. The van der Waals surface area contributed by atoms with Gasteiger partial charge in [0.05, 0.1) is 0 Å². The van der Waals surface area contributed by atoms with Gasteiger partial charge < -0.3 is 0 Å². The molecule has 0 bridgehead atoms. The molecule has 0 fully saturated rings. The monoisotopic (exact) mass is 442 g/mol. The fourth-order valence-electron chi connectivity index (χ4n) is 1.25. The van der Waals surface area contributed by atoms with Gasteiger partial charge in [-0.2, -0.15) is 0 Å². The molecule has 0 atom stereocenters. The van der Waals surface area contributed by atoms with Gasteiger partial charge in [0, 0.05) is 16.5 Å². The fraction of sp³-hybridized carbons (Fsp3) is 0. The van der Waals surface area contributed by atoms with E-state index in [0.717, 1.165) is 0 Å². The van der Waals surface area contributed by atoms with Gasteiger partial charge in [0.15, 0.2) is 0 Å². The molecule has 0 aliphatic carbocycles. The average Bonchev–Trinajstić information content (AvgIpc) is 2.75. The van der Waals surface area contributed by atoms with Crippen molar-refractivity contribution in [3.05, 3.63) is 119 Å². The van der Waals surface area contributed by atoms with Crippen LogP contribution in [0.4, 0.5) is 0 Å². The quantitative estimate of drug-likeness (QED) is 0.238. The van der Waals surface area contributed by atoms with Crippen molar-refractivity contribution in [2.45, 2.75) is 0 Å². The zero-order valence-corrected chi connectivity index (χ0v) is 18.2. The first-order chi connectivity index (χ1) is 12.0. The first kappa shape index (κ1) is 24.1. The van der Waals surface area contributed by atoms with Crippen LogP contribution in [-0.2, 0) is 16.5 Å². The van der Waals surface area contributed by atoms with E-state index in [1.54, 1.807) is 0 Å². The molecule has 0 amide bonds. The number of hydrogen-bond acceptors (Lipinski definition) is 0. The van der Waals surface area contributed by atoms with Crippen LogP contribution < -0.4 is 0 Å². The van der Waals surface area contributed by atoms with Crippen molar-refractivity contribution < 1.29 is 16.5 Å². The van der Waals surface area contributed by atoms with Gasteiger partial charge >= 0.3 is 0 Å². The van der Waals surface area contributed by atoms with Gasteiger partial charge in [0.25, 0.3) is 0 Å². The summed E-state index contributed by atoms with van der Waals surface area (Å²) in [5, 5.41) is 0. The summed E-state index contributed by atoms with van der Waals surface area (Å²) in [7, 11) is 5.22. The van der Waals surface area contributed by atoms with Gasteiger partial charge in [-0.05, 0) is 46.4 Å². The molecule has 0 N–H and O–H groups in total. The van der Waals surface area contributed by atoms with E-state index in [2.05, 4.69) is 46.4 Å². The largest absolute Gasteiger partial charge is 0.0765 e. The summed E-state index contributed by atoms with van der Waals surface area (Å²) in [6.07, 6.45) is 0. The normalized spacial score (nSPS) is 7.68. The Balaban J connectivity index is 0.000000303. The predicted octanol–water partition coefficient (Wildman–Crippen LogP) is 9.06. The molecule has 0 radical (unpaired) electrons. The van der Waals surface area contributed by atoms with E-state index >= 15 is 0 Å². The summed E-state index contributed by atoms with van der Waals surface area (Å²) in [6.45, 7) is 0. The van der Waals surface area contributed by atoms with Gasteiger partial charge in [-0.1, -0.05) is 106 Å². The van der Waals surface area contributed by atoms with E-state index < -0.39 is 0 Å². The van der Waals surface area contributed by atoms with Crippen molar-refractivity contribution >= 4 is 32.8 Å². The van der Waals surface area contributed by atoms with E-state index in [1.807, 2.05) is 72.8 Å². The van der Waals surface area contributed by atoms with Crippen molar-refractivity contribution in [3.63, 3.8) is 0 Å². The van der Waals surface area contributed by atoms with Crippen LogP contribution in [0.2, 0.25) is 0 Å². The van der Waals surface area contributed by atoms with Crippen molar-refractivity contribution in [2.75, 3.05) is 0 Å². The van der Waals surface area contributed by atoms with E-state index in [1.165, 1.54) is 32.8 Å². The van der Waals surface area contributed by atoms with Crippen molar-refractivity contribution in [2.24, 2.45) is 0 Å². The topological polar surface area (TPSA) is 0 Å². The van der Waals surface area contributed by atoms with Crippen LogP contribution >= 0.6 is 32.8 Å². The van der Waals surface area contributed by atoms with Crippen LogP contribution in [0.3, 0.4) is 0 Å². The molecule has 4 aromatic rings. The van der Waals surface area contributed by atoms with Gasteiger partial charge in [0.2, 0.25) is 0 Å². The van der Waals surface area contributed by atoms with Gasteiger partial charge in [-0.25, -0.2) is 0 Å². The maximum absolute atomic E-state index is 2.10. The second-order valence-electron chi connectivity index (χ2n) is 4.10. The van der Waals surface area contributed by atoms with Crippen LogP contribution in [0.25, 0.3) is 0 Å². The third-order valence-electron chi connectivity index (χ3n) is 2.27. The van der Waals surface area contributed by atoms with Gasteiger partial charge in [-0.15, -0.1) is 0 Å². The van der Waals surface area contributed by atoms with Gasteiger partial charge in [0.1, 0.15) is 0 Å². The summed E-state index contributed by atoms with van der Waals surface area (Å²) in [5.74, 6) is 16.8. The van der Waals surface area contributed by atoms with E-state index in [0.29, 0.717) is 0 Å². The molecule has 25 heavy (non-hydrogen) atoms. The van der Waals surface area contributed by atoms with E-state index in [9.17, 15) is 0 Å². The molecule has 4 rings (SSSR count). The van der Waals surface area contributed by atoms with Crippen LogP contribution in [0.5, 0.6) is 0 Å². The maximum Gasteiger partial charge on any atom is 0 e. The molecular formula is C20H20NiP4. The van der Waals surface area contributed by atoms with E-state index in [4.69, 9.17) is 0 Å². The maximum atomic E-state index is 2.10. The zero-order valence-electron chi connectivity index (χ0n) is 13.7. The average molecular weight is 443 g/mol. The molecule has 130 valence electrons. The Bertz CT molecular complexity index is 436. The van der Waals surface area contributed by atoms with Crippen molar-refractivity contribution in [3.8, 4) is 0 Å². The Morgan fingerprint density at radius 1 is 0.240 bits per heavy atom. The minimum Gasteiger partial charge on any atom is -0.0765 e. The molecule has 0 nitrogen and oxygen atoms in total.